The van der Waals surface area contributed by atoms with Gasteiger partial charge in [0.05, 0.1) is 10.7 Å². The summed E-state index contributed by atoms with van der Waals surface area (Å²) in [5, 5.41) is 19.8. The van der Waals surface area contributed by atoms with Crippen LogP contribution in [-0.4, -0.2) is 31.6 Å². The summed E-state index contributed by atoms with van der Waals surface area (Å²) in [6.45, 7) is 0.142. The molecule has 0 saturated heterocycles. The van der Waals surface area contributed by atoms with Crippen molar-refractivity contribution in [1.82, 2.24) is 4.72 Å². The molecular formula is C17H20N2O5S. The van der Waals surface area contributed by atoms with E-state index in [1.54, 1.807) is 0 Å². The molecule has 0 spiro atoms. The molecule has 0 saturated carbocycles. The molecule has 0 fully saturated rings. The molecule has 0 aliphatic heterocycles. The summed E-state index contributed by atoms with van der Waals surface area (Å²) in [6, 6.07) is 14.8. The van der Waals surface area contributed by atoms with E-state index >= 15 is 0 Å². The first-order valence-corrected chi connectivity index (χ1v) is 9.43. The van der Waals surface area contributed by atoms with Gasteiger partial charge in [-0.3, -0.25) is 10.1 Å². The lowest BCUT2D eigenvalue weighted by Crippen LogP contribution is -2.30. The van der Waals surface area contributed by atoms with E-state index in [0.717, 1.165) is 5.56 Å². The van der Waals surface area contributed by atoms with Crippen molar-refractivity contribution < 1.29 is 18.4 Å². The maximum absolute atomic E-state index is 12.3. The van der Waals surface area contributed by atoms with Gasteiger partial charge in [0.15, 0.2) is 0 Å². The Morgan fingerprint density at radius 1 is 1.08 bits per heavy atom. The fraction of sp³-hybridized carbons (Fsp3) is 0.294. The molecule has 7 nitrogen and oxygen atoms in total. The summed E-state index contributed by atoms with van der Waals surface area (Å²) < 4.78 is 27.1. The van der Waals surface area contributed by atoms with Crippen LogP contribution in [0.4, 0.5) is 5.69 Å². The third kappa shape index (κ3) is 5.93. The maximum Gasteiger partial charge on any atom is 0.269 e. The van der Waals surface area contributed by atoms with Gasteiger partial charge in [0.1, 0.15) is 0 Å². The van der Waals surface area contributed by atoms with Crippen molar-refractivity contribution in [2.24, 2.45) is 0 Å². The van der Waals surface area contributed by atoms with Crippen LogP contribution in [-0.2, 0) is 15.8 Å². The van der Waals surface area contributed by atoms with Crippen molar-refractivity contribution in [3.8, 4) is 0 Å². The number of nitro benzene ring substituents is 1. The lowest BCUT2D eigenvalue weighted by atomic mass is 9.96. The predicted molar refractivity (Wildman–Crippen MR) is 94.6 cm³/mol. The van der Waals surface area contributed by atoms with Crippen molar-refractivity contribution in [2.75, 3.05) is 13.2 Å². The van der Waals surface area contributed by atoms with Crippen LogP contribution in [0.1, 0.15) is 23.5 Å². The molecule has 8 heteroatoms. The number of aliphatic hydroxyl groups excluding tert-OH is 1. The van der Waals surface area contributed by atoms with Gasteiger partial charge in [0.2, 0.25) is 10.0 Å². The molecular weight excluding hydrogens is 344 g/mol. The predicted octanol–water partition coefficient (Wildman–Crippen LogP) is 2.18. The summed E-state index contributed by atoms with van der Waals surface area (Å²) >= 11 is 0. The van der Waals surface area contributed by atoms with Gasteiger partial charge in [0, 0.05) is 25.3 Å². The van der Waals surface area contributed by atoms with Crippen LogP contribution >= 0.6 is 0 Å². The van der Waals surface area contributed by atoms with E-state index in [-0.39, 0.29) is 30.5 Å². The first-order valence-electron chi connectivity index (χ1n) is 7.78. The molecule has 134 valence electrons. The minimum absolute atomic E-state index is 0.0381. The molecule has 2 N–H and O–H groups in total. The summed E-state index contributed by atoms with van der Waals surface area (Å²) in [6.07, 6.45) is 0.448. The smallest absolute Gasteiger partial charge is 0.269 e. The van der Waals surface area contributed by atoms with Crippen molar-refractivity contribution in [2.45, 2.75) is 18.1 Å². The largest absolute Gasteiger partial charge is 0.396 e. The molecule has 2 aromatic rings. The van der Waals surface area contributed by atoms with Crippen LogP contribution in [0.15, 0.2) is 54.6 Å². The van der Waals surface area contributed by atoms with Crippen LogP contribution < -0.4 is 4.72 Å². The molecule has 0 amide bonds. The highest BCUT2D eigenvalue weighted by Gasteiger charge is 2.17. The first-order chi connectivity index (χ1) is 11.9. The van der Waals surface area contributed by atoms with Crippen LogP contribution in [0.3, 0.4) is 0 Å². The second-order valence-corrected chi connectivity index (χ2v) is 7.46. The van der Waals surface area contributed by atoms with E-state index in [1.807, 2.05) is 30.3 Å². The molecule has 2 rings (SSSR count). The normalized spacial score (nSPS) is 12.7. The van der Waals surface area contributed by atoms with Gasteiger partial charge in [-0.05, 0) is 23.5 Å². The zero-order chi connectivity index (χ0) is 18.3. The Labute approximate surface area is 146 Å². The van der Waals surface area contributed by atoms with Gasteiger partial charge in [-0.1, -0.05) is 42.5 Å². The summed E-state index contributed by atoms with van der Waals surface area (Å²) in [5.74, 6) is -0.385. The van der Waals surface area contributed by atoms with Crippen LogP contribution in [0.2, 0.25) is 0 Å². The molecule has 0 aliphatic rings. The lowest BCUT2D eigenvalue weighted by molar-refractivity contribution is -0.384. The highest BCUT2D eigenvalue weighted by Crippen LogP contribution is 2.19. The van der Waals surface area contributed by atoms with Crippen LogP contribution in [0.25, 0.3) is 0 Å². The number of hydrogen-bond acceptors (Lipinski definition) is 5. The zero-order valence-electron chi connectivity index (χ0n) is 13.5. The SMILES string of the molecule is O=[N+]([O-])c1ccc(CS(=O)(=O)NC[C@@H](CCO)c2ccccc2)cc1. The second kappa shape index (κ2) is 8.70. The van der Waals surface area contributed by atoms with Crippen molar-refractivity contribution in [1.29, 1.82) is 0 Å². The monoisotopic (exact) mass is 364 g/mol. The van der Waals surface area contributed by atoms with Crippen molar-refractivity contribution in [3.63, 3.8) is 0 Å². The summed E-state index contributed by atoms with van der Waals surface area (Å²) in [4.78, 5) is 10.1. The first kappa shape index (κ1) is 19.0. The molecule has 0 aromatic heterocycles. The third-order valence-electron chi connectivity index (χ3n) is 3.80. The number of nitrogens with one attached hydrogen (secondary N) is 1. The number of rotatable bonds is 9. The van der Waals surface area contributed by atoms with Gasteiger partial charge in [0.25, 0.3) is 5.69 Å². The number of nitrogens with zero attached hydrogens (tertiary/aromatic N) is 1. The molecule has 2 aromatic carbocycles. The van der Waals surface area contributed by atoms with E-state index < -0.39 is 14.9 Å². The average molecular weight is 364 g/mol. The number of non-ortho nitro benzene ring substituents is 1. The van der Waals surface area contributed by atoms with E-state index in [4.69, 9.17) is 0 Å². The van der Waals surface area contributed by atoms with Gasteiger partial charge < -0.3 is 5.11 Å². The van der Waals surface area contributed by atoms with E-state index in [9.17, 15) is 23.6 Å². The van der Waals surface area contributed by atoms with Gasteiger partial charge in [-0.15, -0.1) is 0 Å². The minimum atomic E-state index is -3.59. The molecule has 0 bridgehead atoms. The quantitative estimate of drug-likeness (QED) is 0.523. The fourth-order valence-corrected chi connectivity index (χ4v) is 3.67. The number of hydrogen-bond donors (Lipinski definition) is 2. The summed E-state index contributed by atoms with van der Waals surface area (Å²) in [5.41, 5.74) is 1.34. The van der Waals surface area contributed by atoms with E-state index in [1.165, 1.54) is 24.3 Å². The third-order valence-corrected chi connectivity index (χ3v) is 5.12. The number of nitro groups is 1. The topological polar surface area (TPSA) is 110 Å². The number of benzene rings is 2. The van der Waals surface area contributed by atoms with Crippen molar-refractivity contribution >= 4 is 15.7 Å². The second-order valence-electron chi connectivity index (χ2n) is 5.65. The molecule has 0 unspecified atom stereocenters. The fourth-order valence-electron chi connectivity index (χ4n) is 2.48. The Hall–Kier alpha value is -2.29. The molecule has 0 heterocycles. The number of aliphatic hydroxyl groups is 1. The Kier molecular flexibility index (Phi) is 6.63. The maximum atomic E-state index is 12.3. The lowest BCUT2D eigenvalue weighted by Gasteiger charge is -2.17. The molecule has 1 atom stereocenters. The van der Waals surface area contributed by atoms with Crippen molar-refractivity contribution in [3.05, 3.63) is 75.8 Å². The average Bonchev–Trinajstić information content (AvgIpc) is 2.59. The minimum Gasteiger partial charge on any atom is -0.396 e. The standard InChI is InChI=1S/C17H20N2O5S/c20-11-10-16(15-4-2-1-3-5-15)12-18-25(23,24)13-14-6-8-17(9-7-14)19(21)22/h1-9,16,18,20H,10-13H2/t16-/m1/s1. The zero-order valence-corrected chi connectivity index (χ0v) is 14.4. The van der Waals surface area contributed by atoms with Crippen LogP contribution in [0.5, 0.6) is 0 Å². The Morgan fingerprint density at radius 2 is 1.72 bits per heavy atom. The Bertz CT molecular complexity index is 792. The highest BCUT2D eigenvalue weighted by molar-refractivity contribution is 7.88. The Balaban J connectivity index is 2.00. The van der Waals surface area contributed by atoms with Crippen LogP contribution in [0, 0.1) is 10.1 Å². The van der Waals surface area contributed by atoms with Gasteiger partial charge in [-0.25, -0.2) is 13.1 Å². The molecule has 25 heavy (non-hydrogen) atoms. The Morgan fingerprint density at radius 3 is 2.28 bits per heavy atom. The highest BCUT2D eigenvalue weighted by atomic mass is 32.2. The molecule has 0 radical (unpaired) electrons. The van der Waals surface area contributed by atoms with Gasteiger partial charge in [-0.2, -0.15) is 0 Å². The van der Waals surface area contributed by atoms with E-state index in [0.29, 0.717) is 12.0 Å². The summed E-state index contributed by atoms with van der Waals surface area (Å²) in [7, 11) is -3.59. The molecule has 0 aliphatic carbocycles. The van der Waals surface area contributed by atoms with E-state index in [2.05, 4.69) is 4.72 Å². The van der Waals surface area contributed by atoms with Gasteiger partial charge >= 0.3 is 0 Å². The number of sulfonamides is 1.